The largest absolute Gasteiger partial charge is 0.495 e. The SMILES string of the molecule is COc1ccc(C(=O)CNc2nnc(SCc3ccccc3F)s2)cc1Cl. The zero-order valence-electron chi connectivity index (χ0n) is 14.2. The molecule has 5 nitrogen and oxygen atoms in total. The number of benzene rings is 2. The maximum absolute atomic E-state index is 13.6. The third kappa shape index (κ3) is 5.18. The zero-order chi connectivity index (χ0) is 19.2. The van der Waals surface area contributed by atoms with Crippen molar-refractivity contribution in [1.82, 2.24) is 10.2 Å². The number of methoxy groups -OCH3 is 1. The molecule has 3 aromatic rings. The summed E-state index contributed by atoms with van der Waals surface area (Å²) in [6, 6.07) is 11.5. The number of ketones is 1. The van der Waals surface area contributed by atoms with Crippen LogP contribution in [0.2, 0.25) is 5.02 Å². The Bertz CT molecular complexity index is 952. The van der Waals surface area contributed by atoms with Crippen LogP contribution in [-0.2, 0) is 5.75 Å². The van der Waals surface area contributed by atoms with E-state index in [0.29, 0.717) is 37.1 Å². The fraction of sp³-hybridized carbons (Fsp3) is 0.167. The molecule has 3 rings (SSSR count). The zero-order valence-corrected chi connectivity index (χ0v) is 16.6. The molecule has 0 aliphatic rings. The number of carbonyl (C=O) groups excluding carboxylic acids is 1. The standard InChI is InChI=1S/C18H15ClFN3O2S2/c1-25-16-7-6-11(8-13(16)19)15(24)9-21-17-22-23-18(27-17)26-10-12-4-2-3-5-14(12)20/h2-8H,9-10H2,1H3,(H,21,22). The summed E-state index contributed by atoms with van der Waals surface area (Å²) in [5, 5.41) is 11.9. The van der Waals surface area contributed by atoms with Crippen molar-refractivity contribution in [3.63, 3.8) is 0 Å². The van der Waals surface area contributed by atoms with Crippen molar-refractivity contribution in [2.75, 3.05) is 19.0 Å². The van der Waals surface area contributed by atoms with Crippen LogP contribution >= 0.6 is 34.7 Å². The van der Waals surface area contributed by atoms with Crippen LogP contribution in [0.3, 0.4) is 0 Å². The fourth-order valence-corrected chi connectivity index (χ4v) is 4.18. The molecule has 27 heavy (non-hydrogen) atoms. The van der Waals surface area contributed by atoms with Gasteiger partial charge in [0, 0.05) is 11.3 Å². The van der Waals surface area contributed by atoms with Crippen molar-refractivity contribution in [1.29, 1.82) is 0 Å². The van der Waals surface area contributed by atoms with E-state index >= 15 is 0 Å². The first kappa shape index (κ1) is 19.6. The van der Waals surface area contributed by atoms with Gasteiger partial charge in [0.1, 0.15) is 11.6 Å². The lowest BCUT2D eigenvalue weighted by molar-refractivity contribution is 0.101. The molecule has 140 valence electrons. The number of carbonyl (C=O) groups is 1. The first-order valence-corrected chi connectivity index (χ1v) is 10.0. The van der Waals surface area contributed by atoms with Crippen LogP contribution in [0.4, 0.5) is 9.52 Å². The number of Topliss-reactive ketones (excluding diaryl/α,β-unsaturated/α-hetero) is 1. The molecule has 0 spiro atoms. The van der Waals surface area contributed by atoms with Crippen LogP contribution < -0.4 is 10.1 Å². The van der Waals surface area contributed by atoms with E-state index in [1.807, 2.05) is 0 Å². The molecule has 1 aromatic heterocycles. The number of ether oxygens (including phenoxy) is 1. The van der Waals surface area contributed by atoms with Gasteiger partial charge >= 0.3 is 0 Å². The Balaban J connectivity index is 1.54. The van der Waals surface area contributed by atoms with Gasteiger partial charge in [-0.15, -0.1) is 10.2 Å². The molecular weight excluding hydrogens is 409 g/mol. The molecular formula is C18H15ClFN3O2S2. The molecule has 0 saturated heterocycles. The number of rotatable bonds is 8. The van der Waals surface area contributed by atoms with E-state index < -0.39 is 0 Å². The van der Waals surface area contributed by atoms with Crippen molar-refractivity contribution in [2.24, 2.45) is 0 Å². The van der Waals surface area contributed by atoms with Gasteiger partial charge in [-0.05, 0) is 29.8 Å². The van der Waals surface area contributed by atoms with Crippen LogP contribution in [0.1, 0.15) is 15.9 Å². The molecule has 0 unspecified atom stereocenters. The van der Waals surface area contributed by atoms with Gasteiger partial charge in [-0.2, -0.15) is 0 Å². The Labute approximate surface area is 168 Å². The first-order chi connectivity index (χ1) is 13.1. The quantitative estimate of drug-likeness (QED) is 0.409. The third-order valence-electron chi connectivity index (χ3n) is 3.59. The number of anilines is 1. The summed E-state index contributed by atoms with van der Waals surface area (Å²) in [7, 11) is 1.52. The topological polar surface area (TPSA) is 64.1 Å². The summed E-state index contributed by atoms with van der Waals surface area (Å²) >= 11 is 8.75. The van der Waals surface area contributed by atoms with Crippen LogP contribution in [-0.4, -0.2) is 29.6 Å². The van der Waals surface area contributed by atoms with Crippen LogP contribution in [0.25, 0.3) is 0 Å². The van der Waals surface area contributed by atoms with Crippen molar-refractivity contribution in [2.45, 2.75) is 10.1 Å². The van der Waals surface area contributed by atoms with Crippen LogP contribution in [0.15, 0.2) is 46.8 Å². The second-order valence-corrected chi connectivity index (χ2v) is 7.99. The molecule has 9 heteroatoms. The number of hydrogen-bond donors (Lipinski definition) is 1. The number of halogens is 2. The summed E-state index contributed by atoms with van der Waals surface area (Å²) in [6.45, 7) is 0.0648. The molecule has 1 heterocycles. The Morgan fingerprint density at radius 3 is 2.85 bits per heavy atom. The lowest BCUT2D eigenvalue weighted by Gasteiger charge is -2.06. The van der Waals surface area contributed by atoms with Gasteiger partial charge in [0.2, 0.25) is 5.13 Å². The van der Waals surface area contributed by atoms with Crippen molar-refractivity contribution >= 4 is 45.6 Å². The van der Waals surface area contributed by atoms with Gasteiger partial charge in [0.05, 0.1) is 18.7 Å². The summed E-state index contributed by atoms with van der Waals surface area (Å²) < 4.78 is 19.4. The fourth-order valence-electron chi connectivity index (χ4n) is 2.19. The Morgan fingerprint density at radius 1 is 1.30 bits per heavy atom. The van der Waals surface area contributed by atoms with Gasteiger partial charge in [-0.1, -0.05) is 52.9 Å². The van der Waals surface area contributed by atoms with E-state index in [4.69, 9.17) is 16.3 Å². The van der Waals surface area contributed by atoms with E-state index in [1.165, 1.54) is 36.3 Å². The molecule has 1 N–H and O–H groups in total. The predicted molar refractivity (Wildman–Crippen MR) is 107 cm³/mol. The second-order valence-electron chi connectivity index (χ2n) is 5.38. The molecule has 0 amide bonds. The molecule has 0 saturated carbocycles. The maximum atomic E-state index is 13.6. The van der Waals surface area contributed by atoms with Crippen molar-refractivity contribution in [3.05, 3.63) is 64.4 Å². The lowest BCUT2D eigenvalue weighted by Crippen LogP contribution is -2.13. The minimum atomic E-state index is -0.239. The second kappa shape index (κ2) is 9.16. The average Bonchev–Trinajstić information content (AvgIpc) is 3.13. The van der Waals surface area contributed by atoms with Crippen LogP contribution in [0, 0.1) is 5.82 Å². The van der Waals surface area contributed by atoms with E-state index in [9.17, 15) is 9.18 Å². The highest BCUT2D eigenvalue weighted by Gasteiger charge is 2.11. The summed E-state index contributed by atoms with van der Waals surface area (Å²) in [6.07, 6.45) is 0. The Morgan fingerprint density at radius 2 is 2.11 bits per heavy atom. The molecule has 0 aliphatic carbocycles. The summed E-state index contributed by atoms with van der Waals surface area (Å²) in [5.41, 5.74) is 1.09. The number of aromatic nitrogens is 2. The highest BCUT2D eigenvalue weighted by Crippen LogP contribution is 2.29. The number of nitrogens with one attached hydrogen (secondary N) is 1. The van der Waals surface area contributed by atoms with E-state index in [0.717, 1.165) is 0 Å². The minimum absolute atomic E-state index is 0.0648. The molecule has 0 aliphatic heterocycles. The Hall–Kier alpha value is -2.16. The normalized spacial score (nSPS) is 10.6. The first-order valence-electron chi connectivity index (χ1n) is 7.87. The summed E-state index contributed by atoms with van der Waals surface area (Å²) in [5.74, 6) is 0.610. The summed E-state index contributed by atoms with van der Waals surface area (Å²) in [4.78, 5) is 12.3. The van der Waals surface area contributed by atoms with Gasteiger partial charge in [-0.25, -0.2) is 4.39 Å². The van der Waals surface area contributed by atoms with Gasteiger partial charge < -0.3 is 10.1 Å². The monoisotopic (exact) mass is 423 g/mol. The molecule has 2 aromatic carbocycles. The maximum Gasteiger partial charge on any atom is 0.206 e. The number of thioether (sulfide) groups is 1. The highest BCUT2D eigenvalue weighted by atomic mass is 35.5. The molecule has 0 radical (unpaired) electrons. The lowest BCUT2D eigenvalue weighted by atomic mass is 10.1. The number of hydrogen-bond acceptors (Lipinski definition) is 7. The van der Waals surface area contributed by atoms with Crippen molar-refractivity contribution in [3.8, 4) is 5.75 Å². The van der Waals surface area contributed by atoms with Crippen LogP contribution in [0.5, 0.6) is 5.75 Å². The minimum Gasteiger partial charge on any atom is -0.495 e. The molecule has 0 fully saturated rings. The average molecular weight is 424 g/mol. The van der Waals surface area contributed by atoms with E-state index in [-0.39, 0.29) is 18.1 Å². The Kier molecular flexibility index (Phi) is 6.65. The smallest absolute Gasteiger partial charge is 0.206 e. The molecule has 0 atom stereocenters. The van der Waals surface area contributed by atoms with Gasteiger partial charge in [-0.3, -0.25) is 4.79 Å². The third-order valence-corrected chi connectivity index (χ3v) is 5.95. The number of nitrogens with zero attached hydrogens (tertiary/aromatic N) is 2. The van der Waals surface area contributed by atoms with Gasteiger partial charge in [0.25, 0.3) is 0 Å². The molecule has 0 bridgehead atoms. The predicted octanol–water partition coefficient (Wildman–Crippen LogP) is 4.93. The van der Waals surface area contributed by atoms with E-state index in [2.05, 4.69) is 15.5 Å². The van der Waals surface area contributed by atoms with E-state index in [1.54, 1.807) is 36.4 Å². The van der Waals surface area contributed by atoms with Gasteiger partial charge in [0.15, 0.2) is 10.1 Å². The van der Waals surface area contributed by atoms with Crippen molar-refractivity contribution < 1.29 is 13.9 Å². The highest BCUT2D eigenvalue weighted by molar-refractivity contribution is 8.00.